The molecule has 0 aliphatic rings. The van der Waals surface area contributed by atoms with Crippen LogP contribution in [-0.2, 0) is 16.0 Å². The summed E-state index contributed by atoms with van der Waals surface area (Å²) in [6.45, 7) is 1.80. The van der Waals surface area contributed by atoms with Crippen LogP contribution in [0.2, 0.25) is 0 Å². The Hall–Kier alpha value is -1.75. The van der Waals surface area contributed by atoms with Gasteiger partial charge in [-0.05, 0) is 24.1 Å². The molecule has 8 nitrogen and oxygen atoms in total. The van der Waals surface area contributed by atoms with Gasteiger partial charge in [0.25, 0.3) is 0 Å². The zero-order chi connectivity index (χ0) is 18.5. The molecule has 0 unspecified atom stereocenters. The number of nitrogens with zero attached hydrogens (tertiary/aromatic N) is 1. The topological polar surface area (TPSA) is 93.2 Å². The Kier molecular flexibility index (Phi) is 13.5. The second-order valence-corrected chi connectivity index (χ2v) is 5.13. The van der Waals surface area contributed by atoms with Crippen LogP contribution in [0.1, 0.15) is 5.56 Å². The average Bonchev–Trinajstić information content (AvgIpc) is 2.64. The lowest BCUT2D eigenvalue weighted by atomic mass is 10.1. The van der Waals surface area contributed by atoms with Crippen molar-refractivity contribution in [2.75, 3.05) is 54.6 Å². The molecule has 148 valence electrons. The van der Waals surface area contributed by atoms with Gasteiger partial charge in [0.05, 0.1) is 27.4 Å². The van der Waals surface area contributed by atoms with Crippen molar-refractivity contribution in [1.82, 2.24) is 16.0 Å². The number of ether oxygens (including phenoxy) is 3. The number of amides is 1. The zero-order valence-corrected chi connectivity index (χ0v) is 18.1. The van der Waals surface area contributed by atoms with Crippen LogP contribution < -0.4 is 25.4 Å². The molecule has 1 aromatic carbocycles. The highest BCUT2D eigenvalue weighted by molar-refractivity contribution is 14.0. The Balaban J connectivity index is 0.00000625. The fourth-order valence-electron chi connectivity index (χ4n) is 2.10. The van der Waals surface area contributed by atoms with E-state index in [1.54, 1.807) is 28.4 Å². The Labute approximate surface area is 172 Å². The van der Waals surface area contributed by atoms with Crippen LogP contribution in [0.25, 0.3) is 0 Å². The molecular weight excluding hydrogens is 451 g/mol. The first kappa shape index (κ1) is 24.2. The number of carbonyl (C=O) groups is 1. The van der Waals surface area contributed by atoms with Crippen LogP contribution >= 0.6 is 24.0 Å². The van der Waals surface area contributed by atoms with E-state index >= 15 is 0 Å². The van der Waals surface area contributed by atoms with Crippen molar-refractivity contribution in [2.45, 2.75) is 6.42 Å². The zero-order valence-electron chi connectivity index (χ0n) is 15.8. The molecule has 0 saturated carbocycles. The summed E-state index contributed by atoms with van der Waals surface area (Å²) in [5, 5.41) is 8.87. The van der Waals surface area contributed by atoms with Gasteiger partial charge >= 0.3 is 0 Å². The molecule has 3 N–H and O–H groups in total. The molecule has 0 heterocycles. The molecule has 0 aliphatic carbocycles. The van der Waals surface area contributed by atoms with E-state index in [0.717, 1.165) is 12.0 Å². The summed E-state index contributed by atoms with van der Waals surface area (Å²) in [5.41, 5.74) is 1.11. The molecule has 0 saturated heterocycles. The van der Waals surface area contributed by atoms with E-state index in [-0.39, 0.29) is 36.4 Å². The summed E-state index contributed by atoms with van der Waals surface area (Å²) >= 11 is 0. The standard InChI is InChI=1S/C17H28N4O4.HI/c1-18-17(21-12-16(22)19-9-10-23-2)20-8-7-13-5-6-14(24-3)15(11-13)25-4;/h5-6,11H,7-10,12H2,1-4H3,(H,19,22)(H2,18,20,21);1H. The van der Waals surface area contributed by atoms with Crippen molar-refractivity contribution in [3.05, 3.63) is 23.8 Å². The number of hydrogen-bond acceptors (Lipinski definition) is 5. The van der Waals surface area contributed by atoms with E-state index in [4.69, 9.17) is 14.2 Å². The lowest BCUT2D eigenvalue weighted by Gasteiger charge is -2.13. The fourth-order valence-corrected chi connectivity index (χ4v) is 2.10. The van der Waals surface area contributed by atoms with Crippen LogP contribution in [0, 0.1) is 0 Å². The van der Waals surface area contributed by atoms with E-state index in [0.29, 0.717) is 37.2 Å². The molecule has 0 spiro atoms. The minimum absolute atomic E-state index is 0. The average molecular weight is 480 g/mol. The predicted octanol–water partition coefficient (Wildman–Crippen LogP) is 0.792. The Morgan fingerprint density at radius 3 is 2.38 bits per heavy atom. The number of aliphatic imine (C=N–C) groups is 1. The van der Waals surface area contributed by atoms with Crippen molar-refractivity contribution in [3.63, 3.8) is 0 Å². The highest BCUT2D eigenvalue weighted by Gasteiger charge is 2.06. The van der Waals surface area contributed by atoms with Crippen molar-refractivity contribution >= 4 is 35.8 Å². The first-order valence-electron chi connectivity index (χ1n) is 8.05. The summed E-state index contributed by atoms with van der Waals surface area (Å²) < 4.78 is 15.4. The molecule has 0 bridgehead atoms. The second kappa shape index (κ2) is 14.4. The lowest BCUT2D eigenvalue weighted by Crippen LogP contribution is -2.44. The van der Waals surface area contributed by atoms with Gasteiger partial charge in [-0.2, -0.15) is 0 Å². The summed E-state index contributed by atoms with van der Waals surface area (Å²) in [6.07, 6.45) is 0.779. The normalized spacial score (nSPS) is 10.5. The molecule has 0 fully saturated rings. The van der Waals surface area contributed by atoms with Crippen molar-refractivity contribution < 1.29 is 19.0 Å². The first-order chi connectivity index (χ1) is 12.1. The molecule has 1 aromatic rings. The quantitative estimate of drug-likeness (QED) is 0.199. The van der Waals surface area contributed by atoms with Crippen LogP contribution in [0.5, 0.6) is 11.5 Å². The maximum Gasteiger partial charge on any atom is 0.239 e. The van der Waals surface area contributed by atoms with Gasteiger partial charge in [-0.3, -0.25) is 9.79 Å². The first-order valence-corrected chi connectivity index (χ1v) is 8.05. The number of guanidine groups is 1. The molecule has 9 heteroatoms. The van der Waals surface area contributed by atoms with Crippen molar-refractivity contribution in [2.24, 2.45) is 4.99 Å². The third-order valence-corrected chi connectivity index (χ3v) is 3.42. The van der Waals surface area contributed by atoms with Gasteiger partial charge in [0.1, 0.15) is 0 Å². The van der Waals surface area contributed by atoms with E-state index in [2.05, 4.69) is 20.9 Å². The number of methoxy groups -OCH3 is 3. The van der Waals surface area contributed by atoms with E-state index < -0.39 is 0 Å². The fraction of sp³-hybridized carbons (Fsp3) is 0.529. The third-order valence-electron chi connectivity index (χ3n) is 3.42. The molecule has 1 amide bonds. The largest absolute Gasteiger partial charge is 0.493 e. The van der Waals surface area contributed by atoms with Gasteiger partial charge in [0, 0.05) is 27.2 Å². The van der Waals surface area contributed by atoms with Crippen molar-refractivity contribution in [3.8, 4) is 11.5 Å². The highest BCUT2D eigenvalue weighted by atomic mass is 127. The summed E-state index contributed by atoms with van der Waals surface area (Å²) in [4.78, 5) is 15.7. The molecule has 0 radical (unpaired) electrons. The molecule has 0 aromatic heterocycles. The van der Waals surface area contributed by atoms with Crippen LogP contribution in [0.15, 0.2) is 23.2 Å². The molecule has 26 heavy (non-hydrogen) atoms. The lowest BCUT2D eigenvalue weighted by molar-refractivity contribution is -0.120. The Bertz CT molecular complexity index is 570. The number of nitrogens with one attached hydrogen (secondary N) is 3. The van der Waals surface area contributed by atoms with Crippen LogP contribution in [0.4, 0.5) is 0 Å². The number of benzene rings is 1. The van der Waals surface area contributed by atoms with Gasteiger partial charge in [0.2, 0.25) is 5.91 Å². The van der Waals surface area contributed by atoms with E-state index in [1.165, 1.54) is 0 Å². The summed E-state index contributed by atoms with van der Waals surface area (Å²) in [5.74, 6) is 1.87. The predicted molar refractivity (Wildman–Crippen MR) is 113 cm³/mol. The molecule has 0 aliphatic heterocycles. The SMILES string of the molecule is CN=C(NCCc1ccc(OC)c(OC)c1)NCC(=O)NCCOC.I. The second-order valence-electron chi connectivity index (χ2n) is 5.13. The van der Waals surface area contributed by atoms with E-state index in [1.807, 2.05) is 18.2 Å². The maximum atomic E-state index is 11.6. The minimum Gasteiger partial charge on any atom is -0.493 e. The van der Waals surface area contributed by atoms with E-state index in [9.17, 15) is 4.79 Å². The van der Waals surface area contributed by atoms with Crippen LogP contribution in [-0.4, -0.2) is 66.5 Å². The van der Waals surface area contributed by atoms with Crippen LogP contribution in [0.3, 0.4) is 0 Å². The van der Waals surface area contributed by atoms with Gasteiger partial charge < -0.3 is 30.2 Å². The monoisotopic (exact) mass is 480 g/mol. The third kappa shape index (κ3) is 9.09. The summed E-state index contributed by atoms with van der Waals surface area (Å²) in [7, 11) is 6.48. The number of hydrogen-bond donors (Lipinski definition) is 3. The summed E-state index contributed by atoms with van der Waals surface area (Å²) in [6, 6.07) is 5.81. The molecule has 0 atom stereocenters. The number of rotatable bonds is 10. The Morgan fingerprint density at radius 2 is 1.77 bits per heavy atom. The Morgan fingerprint density at radius 1 is 1.04 bits per heavy atom. The molecular formula is C17H29IN4O4. The van der Waals surface area contributed by atoms with Gasteiger partial charge in [-0.25, -0.2) is 0 Å². The van der Waals surface area contributed by atoms with Gasteiger partial charge in [-0.15, -0.1) is 24.0 Å². The van der Waals surface area contributed by atoms with Crippen molar-refractivity contribution in [1.29, 1.82) is 0 Å². The number of carbonyl (C=O) groups excluding carboxylic acids is 1. The smallest absolute Gasteiger partial charge is 0.239 e. The van der Waals surface area contributed by atoms with Gasteiger partial charge in [0.15, 0.2) is 17.5 Å². The minimum atomic E-state index is -0.111. The van der Waals surface area contributed by atoms with Gasteiger partial charge in [-0.1, -0.05) is 6.07 Å². The maximum absolute atomic E-state index is 11.6. The highest BCUT2D eigenvalue weighted by Crippen LogP contribution is 2.27. The number of halogens is 1. The molecule has 1 rings (SSSR count).